The van der Waals surface area contributed by atoms with Gasteiger partial charge in [-0.15, -0.1) is 11.3 Å². The molecule has 0 saturated carbocycles. The minimum Gasteiger partial charge on any atom is -0.258 e. The van der Waals surface area contributed by atoms with Gasteiger partial charge in [0.2, 0.25) is 5.13 Å². The number of nitro benzene ring substituents is 1. The lowest BCUT2D eigenvalue weighted by atomic mass is 10.2. The van der Waals surface area contributed by atoms with Crippen LogP contribution in [0, 0.1) is 10.1 Å². The van der Waals surface area contributed by atoms with Crippen molar-refractivity contribution in [3.05, 3.63) is 51.5 Å². The number of anilines is 1. The van der Waals surface area contributed by atoms with Gasteiger partial charge in [-0.3, -0.25) is 15.5 Å². The molecule has 6 nitrogen and oxygen atoms in total. The Balaban J connectivity index is 2.05. The zero-order valence-corrected chi connectivity index (χ0v) is 9.42. The van der Waals surface area contributed by atoms with Gasteiger partial charge in [0, 0.05) is 29.3 Å². The predicted molar refractivity (Wildman–Crippen MR) is 66.4 cm³/mol. The first-order chi connectivity index (χ1) is 8.25. The van der Waals surface area contributed by atoms with E-state index in [1.807, 2.05) is 5.38 Å². The Kier molecular flexibility index (Phi) is 3.41. The van der Waals surface area contributed by atoms with Crippen LogP contribution in [-0.2, 0) is 0 Å². The molecule has 17 heavy (non-hydrogen) atoms. The zero-order valence-electron chi connectivity index (χ0n) is 8.61. The molecule has 0 fully saturated rings. The molecule has 0 bridgehead atoms. The van der Waals surface area contributed by atoms with E-state index in [2.05, 4.69) is 15.5 Å². The van der Waals surface area contributed by atoms with Gasteiger partial charge in [-0.2, -0.15) is 5.10 Å². The Hall–Kier alpha value is -2.28. The predicted octanol–water partition coefficient (Wildman–Crippen LogP) is 2.50. The van der Waals surface area contributed by atoms with Crippen molar-refractivity contribution in [3.63, 3.8) is 0 Å². The number of aromatic nitrogens is 1. The van der Waals surface area contributed by atoms with Gasteiger partial charge in [0.1, 0.15) is 0 Å². The van der Waals surface area contributed by atoms with E-state index >= 15 is 0 Å². The van der Waals surface area contributed by atoms with E-state index in [0.29, 0.717) is 10.7 Å². The van der Waals surface area contributed by atoms with Crippen molar-refractivity contribution in [1.82, 2.24) is 4.98 Å². The van der Waals surface area contributed by atoms with E-state index < -0.39 is 4.92 Å². The van der Waals surface area contributed by atoms with Crippen LogP contribution in [0.5, 0.6) is 0 Å². The fourth-order valence-electron chi connectivity index (χ4n) is 1.16. The van der Waals surface area contributed by atoms with Crippen molar-refractivity contribution in [2.45, 2.75) is 0 Å². The van der Waals surface area contributed by atoms with E-state index in [1.165, 1.54) is 29.7 Å². The van der Waals surface area contributed by atoms with Crippen LogP contribution < -0.4 is 5.43 Å². The molecule has 0 unspecified atom stereocenters. The summed E-state index contributed by atoms with van der Waals surface area (Å²) in [7, 11) is 0. The highest BCUT2D eigenvalue weighted by atomic mass is 32.1. The number of non-ortho nitro benzene ring substituents is 1. The molecule has 1 heterocycles. The molecule has 7 heteroatoms. The SMILES string of the molecule is O=[N+]([O-])c1cccc(/C=N\Nc2nccs2)c1. The Morgan fingerprint density at radius 2 is 2.41 bits per heavy atom. The average molecular weight is 248 g/mol. The summed E-state index contributed by atoms with van der Waals surface area (Å²) in [5.74, 6) is 0. The second kappa shape index (κ2) is 5.17. The number of hydrogen-bond acceptors (Lipinski definition) is 6. The van der Waals surface area contributed by atoms with Crippen molar-refractivity contribution in [2.75, 3.05) is 5.43 Å². The zero-order chi connectivity index (χ0) is 12.1. The summed E-state index contributed by atoms with van der Waals surface area (Å²) < 4.78 is 0. The van der Waals surface area contributed by atoms with Crippen molar-refractivity contribution in [3.8, 4) is 0 Å². The Labute approximate surface area is 101 Å². The van der Waals surface area contributed by atoms with Crippen molar-refractivity contribution in [2.24, 2.45) is 5.10 Å². The summed E-state index contributed by atoms with van der Waals surface area (Å²) in [5.41, 5.74) is 3.43. The van der Waals surface area contributed by atoms with Crippen LogP contribution in [0.3, 0.4) is 0 Å². The first kappa shape index (κ1) is 11.2. The molecule has 0 atom stereocenters. The molecule has 0 spiro atoms. The minimum absolute atomic E-state index is 0.0446. The van der Waals surface area contributed by atoms with Crippen molar-refractivity contribution >= 4 is 28.4 Å². The third kappa shape index (κ3) is 3.08. The number of rotatable bonds is 4. The van der Waals surface area contributed by atoms with Crippen LogP contribution in [0.15, 0.2) is 40.9 Å². The van der Waals surface area contributed by atoms with Gasteiger partial charge in [-0.05, 0) is 0 Å². The first-order valence-corrected chi connectivity index (χ1v) is 5.57. The molecule has 86 valence electrons. The van der Waals surface area contributed by atoms with Gasteiger partial charge < -0.3 is 0 Å². The molecule has 0 aliphatic carbocycles. The van der Waals surface area contributed by atoms with Gasteiger partial charge in [-0.25, -0.2) is 4.98 Å². The first-order valence-electron chi connectivity index (χ1n) is 4.69. The average Bonchev–Trinajstić information content (AvgIpc) is 2.82. The van der Waals surface area contributed by atoms with Crippen LogP contribution in [-0.4, -0.2) is 16.1 Å². The minimum atomic E-state index is -0.439. The van der Waals surface area contributed by atoms with Crippen molar-refractivity contribution in [1.29, 1.82) is 0 Å². The molecular weight excluding hydrogens is 240 g/mol. The van der Waals surface area contributed by atoms with Crippen LogP contribution >= 0.6 is 11.3 Å². The Bertz CT molecular complexity index is 539. The molecule has 0 aliphatic rings. The quantitative estimate of drug-likeness (QED) is 0.512. The molecular formula is C10H8N4O2S. The molecule has 1 aromatic heterocycles. The van der Waals surface area contributed by atoms with E-state index in [9.17, 15) is 10.1 Å². The molecule has 1 N–H and O–H groups in total. The molecule has 2 aromatic rings. The van der Waals surface area contributed by atoms with Crippen molar-refractivity contribution < 1.29 is 4.92 Å². The van der Waals surface area contributed by atoms with Gasteiger partial charge >= 0.3 is 0 Å². The molecule has 0 amide bonds. The molecule has 2 rings (SSSR count). The lowest BCUT2D eigenvalue weighted by Gasteiger charge is -1.94. The van der Waals surface area contributed by atoms with Gasteiger partial charge in [0.25, 0.3) is 5.69 Å². The number of benzene rings is 1. The summed E-state index contributed by atoms with van der Waals surface area (Å²) in [6.07, 6.45) is 3.17. The topological polar surface area (TPSA) is 80.4 Å². The smallest absolute Gasteiger partial charge is 0.258 e. The highest BCUT2D eigenvalue weighted by Gasteiger charge is 2.03. The van der Waals surface area contributed by atoms with Gasteiger partial charge in [0.05, 0.1) is 11.1 Å². The van der Waals surface area contributed by atoms with Crippen LogP contribution in [0.1, 0.15) is 5.56 Å². The Morgan fingerprint density at radius 1 is 1.53 bits per heavy atom. The molecule has 0 saturated heterocycles. The van der Waals surface area contributed by atoms with Crippen LogP contribution in [0.4, 0.5) is 10.8 Å². The van der Waals surface area contributed by atoms with Gasteiger partial charge in [-0.1, -0.05) is 12.1 Å². The standard InChI is InChI=1S/C10H8N4O2S/c15-14(16)9-3-1-2-8(6-9)7-12-13-10-11-4-5-17-10/h1-7H,(H,11,13)/b12-7-. The fraction of sp³-hybridized carbons (Fsp3) is 0. The molecule has 0 aliphatic heterocycles. The number of hydrogen-bond donors (Lipinski definition) is 1. The lowest BCUT2D eigenvalue weighted by molar-refractivity contribution is -0.384. The summed E-state index contributed by atoms with van der Waals surface area (Å²) in [6, 6.07) is 6.24. The number of hydrazone groups is 1. The summed E-state index contributed by atoms with van der Waals surface area (Å²) in [4.78, 5) is 14.1. The second-order valence-electron chi connectivity index (χ2n) is 3.06. The monoisotopic (exact) mass is 248 g/mol. The second-order valence-corrected chi connectivity index (χ2v) is 3.95. The third-order valence-electron chi connectivity index (χ3n) is 1.89. The van der Waals surface area contributed by atoms with E-state index in [4.69, 9.17) is 0 Å². The number of nitrogens with zero attached hydrogens (tertiary/aromatic N) is 3. The molecule has 0 radical (unpaired) electrons. The van der Waals surface area contributed by atoms with Crippen LogP contribution in [0.2, 0.25) is 0 Å². The molecule has 1 aromatic carbocycles. The maximum Gasteiger partial charge on any atom is 0.270 e. The highest BCUT2D eigenvalue weighted by Crippen LogP contribution is 2.12. The van der Waals surface area contributed by atoms with E-state index in [1.54, 1.807) is 18.3 Å². The highest BCUT2D eigenvalue weighted by molar-refractivity contribution is 7.13. The Morgan fingerprint density at radius 3 is 3.12 bits per heavy atom. The lowest BCUT2D eigenvalue weighted by Crippen LogP contribution is -1.92. The maximum atomic E-state index is 10.6. The van der Waals surface area contributed by atoms with Gasteiger partial charge in [0.15, 0.2) is 0 Å². The maximum absolute atomic E-state index is 10.6. The number of nitro groups is 1. The number of nitrogens with one attached hydrogen (secondary N) is 1. The summed E-state index contributed by atoms with van der Waals surface area (Å²) in [6.45, 7) is 0. The third-order valence-corrected chi connectivity index (χ3v) is 2.56. The van der Waals surface area contributed by atoms with Crippen LogP contribution in [0.25, 0.3) is 0 Å². The van der Waals surface area contributed by atoms with E-state index in [0.717, 1.165) is 0 Å². The largest absolute Gasteiger partial charge is 0.270 e. The fourth-order valence-corrected chi connectivity index (χ4v) is 1.64. The normalized spacial score (nSPS) is 10.6. The summed E-state index contributed by atoms with van der Waals surface area (Å²) in [5, 5.41) is 17.0. The summed E-state index contributed by atoms with van der Waals surface area (Å²) >= 11 is 1.42. The number of thiazole rings is 1. The van der Waals surface area contributed by atoms with E-state index in [-0.39, 0.29) is 5.69 Å².